The lowest BCUT2D eigenvalue weighted by atomic mass is 10.1. The van der Waals surface area contributed by atoms with Gasteiger partial charge < -0.3 is 25.6 Å². The Balaban J connectivity index is 2.39. The highest BCUT2D eigenvalue weighted by Gasteiger charge is 2.29. The Morgan fingerprint density at radius 2 is 2.35 bits per heavy atom. The minimum Gasteiger partial charge on any atom is -0.465 e. The number of methoxy groups -OCH3 is 1. The van der Waals surface area contributed by atoms with Crippen LogP contribution >= 0.6 is 0 Å². The second-order valence-corrected chi connectivity index (χ2v) is 4.76. The van der Waals surface area contributed by atoms with E-state index in [9.17, 15) is 9.90 Å². The van der Waals surface area contributed by atoms with E-state index in [0.29, 0.717) is 18.9 Å². The minimum absolute atomic E-state index is 0.130. The van der Waals surface area contributed by atoms with Gasteiger partial charge in [0, 0.05) is 13.1 Å². The van der Waals surface area contributed by atoms with Gasteiger partial charge in [-0.15, -0.1) is 0 Å². The van der Waals surface area contributed by atoms with E-state index in [1.807, 2.05) is 4.90 Å². The number of piperidine rings is 1. The third kappa shape index (κ3) is 2.70. The van der Waals surface area contributed by atoms with E-state index in [4.69, 9.17) is 15.6 Å². The number of aliphatic hydroxyl groups is 2. The van der Waals surface area contributed by atoms with Gasteiger partial charge in [-0.2, -0.15) is 5.10 Å². The standard InChI is InChI=1S/C12H20N4O4/c1-20-12(19)9-10(13)16(5-6-17)14-11(9)15-4-2-3-8(18)7-15/h8,17-18H,2-7,13H2,1H3. The van der Waals surface area contributed by atoms with Gasteiger partial charge in [-0.1, -0.05) is 0 Å². The van der Waals surface area contributed by atoms with Crippen molar-refractivity contribution in [1.29, 1.82) is 0 Å². The Bertz CT molecular complexity index is 488. The van der Waals surface area contributed by atoms with Crippen LogP contribution in [0.2, 0.25) is 0 Å². The number of nitrogen functional groups attached to an aromatic ring is 1. The van der Waals surface area contributed by atoms with Gasteiger partial charge in [-0.05, 0) is 12.8 Å². The fourth-order valence-corrected chi connectivity index (χ4v) is 2.39. The van der Waals surface area contributed by atoms with Crippen LogP contribution in [0.4, 0.5) is 11.6 Å². The molecule has 0 amide bonds. The summed E-state index contributed by atoms with van der Waals surface area (Å²) in [6, 6.07) is 0. The zero-order valence-corrected chi connectivity index (χ0v) is 11.4. The highest BCUT2D eigenvalue weighted by atomic mass is 16.5. The molecule has 0 bridgehead atoms. The van der Waals surface area contributed by atoms with Crippen molar-refractivity contribution in [2.24, 2.45) is 0 Å². The Labute approximate surface area is 116 Å². The first-order valence-electron chi connectivity index (χ1n) is 6.57. The van der Waals surface area contributed by atoms with Crippen LogP contribution in [-0.2, 0) is 11.3 Å². The fourth-order valence-electron chi connectivity index (χ4n) is 2.39. The molecule has 1 aromatic heterocycles. The molecule has 1 atom stereocenters. The average molecular weight is 284 g/mol. The lowest BCUT2D eigenvalue weighted by Crippen LogP contribution is -2.39. The number of β-amino-alcohol motifs (C(OH)–C–C–N with tert-alkyl or cyclic N) is 1. The number of rotatable bonds is 4. The van der Waals surface area contributed by atoms with Crippen LogP contribution in [0.3, 0.4) is 0 Å². The molecule has 20 heavy (non-hydrogen) atoms. The highest BCUT2D eigenvalue weighted by Crippen LogP contribution is 2.28. The number of hydrogen-bond acceptors (Lipinski definition) is 7. The molecule has 1 unspecified atom stereocenters. The predicted molar refractivity (Wildman–Crippen MR) is 72.5 cm³/mol. The molecule has 2 rings (SSSR count). The zero-order valence-electron chi connectivity index (χ0n) is 11.4. The van der Waals surface area contributed by atoms with Crippen molar-refractivity contribution in [3.63, 3.8) is 0 Å². The minimum atomic E-state index is -0.568. The molecule has 8 nitrogen and oxygen atoms in total. The number of anilines is 2. The first-order valence-corrected chi connectivity index (χ1v) is 6.57. The van der Waals surface area contributed by atoms with Gasteiger partial charge in [0.15, 0.2) is 5.82 Å². The molecule has 0 spiro atoms. The molecule has 8 heteroatoms. The number of esters is 1. The highest BCUT2D eigenvalue weighted by molar-refractivity contribution is 5.99. The third-order valence-electron chi connectivity index (χ3n) is 3.37. The summed E-state index contributed by atoms with van der Waals surface area (Å²) in [4.78, 5) is 13.7. The summed E-state index contributed by atoms with van der Waals surface area (Å²) in [6.07, 6.45) is 1.10. The van der Waals surface area contributed by atoms with Crippen LogP contribution in [0.15, 0.2) is 0 Å². The Morgan fingerprint density at radius 3 is 2.95 bits per heavy atom. The van der Waals surface area contributed by atoms with Gasteiger partial charge in [0.2, 0.25) is 0 Å². The molecular weight excluding hydrogens is 264 g/mol. The predicted octanol–water partition coefficient (Wildman–Crippen LogP) is -0.795. The second kappa shape index (κ2) is 6.10. The molecule has 1 saturated heterocycles. The van der Waals surface area contributed by atoms with Crippen LogP contribution in [0.5, 0.6) is 0 Å². The molecule has 4 N–H and O–H groups in total. The number of carbonyl (C=O) groups is 1. The first kappa shape index (κ1) is 14.6. The molecule has 0 radical (unpaired) electrons. The Kier molecular flexibility index (Phi) is 4.46. The summed E-state index contributed by atoms with van der Waals surface area (Å²) < 4.78 is 6.12. The largest absolute Gasteiger partial charge is 0.465 e. The smallest absolute Gasteiger partial charge is 0.345 e. The molecule has 0 saturated carbocycles. The van der Waals surface area contributed by atoms with E-state index in [1.165, 1.54) is 11.8 Å². The monoisotopic (exact) mass is 284 g/mol. The lowest BCUT2D eigenvalue weighted by Gasteiger charge is -2.30. The van der Waals surface area contributed by atoms with Crippen molar-refractivity contribution in [2.75, 3.05) is 37.4 Å². The van der Waals surface area contributed by atoms with Crippen LogP contribution in [0.25, 0.3) is 0 Å². The van der Waals surface area contributed by atoms with Crippen molar-refractivity contribution >= 4 is 17.6 Å². The molecule has 112 valence electrons. The van der Waals surface area contributed by atoms with Gasteiger partial charge >= 0.3 is 5.97 Å². The van der Waals surface area contributed by atoms with Crippen LogP contribution in [-0.4, -0.2) is 58.9 Å². The van der Waals surface area contributed by atoms with Crippen LogP contribution in [0.1, 0.15) is 23.2 Å². The van der Waals surface area contributed by atoms with E-state index in [0.717, 1.165) is 12.8 Å². The van der Waals surface area contributed by atoms with E-state index >= 15 is 0 Å². The third-order valence-corrected chi connectivity index (χ3v) is 3.37. The number of carbonyl (C=O) groups excluding carboxylic acids is 1. The topological polar surface area (TPSA) is 114 Å². The van der Waals surface area contributed by atoms with Crippen molar-refractivity contribution in [3.8, 4) is 0 Å². The summed E-state index contributed by atoms with van der Waals surface area (Å²) in [7, 11) is 1.28. The first-order chi connectivity index (χ1) is 9.58. The summed E-state index contributed by atoms with van der Waals surface area (Å²) in [5.41, 5.74) is 6.10. The maximum atomic E-state index is 11.9. The van der Waals surface area contributed by atoms with Gasteiger partial charge in [0.05, 0.1) is 26.4 Å². The van der Waals surface area contributed by atoms with Gasteiger partial charge in [-0.25, -0.2) is 9.48 Å². The van der Waals surface area contributed by atoms with E-state index < -0.39 is 12.1 Å². The average Bonchev–Trinajstić information content (AvgIpc) is 2.76. The number of nitrogens with zero attached hydrogens (tertiary/aromatic N) is 3. The SMILES string of the molecule is COC(=O)c1c(N2CCCC(O)C2)nn(CCO)c1N. The van der Waals surface area contributed by atoms with Crippen molar-refractivity contribution in [1.82, 2.24) is 9.78 Å². The molecule has 1 aliphatic heterocycles. The quantitative estimate of drug-likeness (QED) is 0.620. The number of ether oxygens (including phenoxy) is 1. The molecular formula is C12H20N4O4. The molecule has 1 fully saturated rings. The Morgan fingerprint density at radius 1 is 1.60 bits per heavy atom. The van der Waals surface area contributed by atoms with Crippen LogP contribution in [0, 0.1) is 0 Å². The van der Waals surface area contributed by atoms with Gasteiger partial charge in [0.1, 0.15) is 11.4 Å². The lowest BCUT2D eigenvalue weighted by molar-refractivity contribution is 0.0602. The molecule has 0 aliphatic carbocycles. The fraction of sp³-hybridized carbons (Fsp3) is 0.667. The van der Waals surface area contributed by atoms with Crippen molar-refractivity contribution in [2.45, 2.75) is 25.5 Å². The number of aromatic nitrogens is 2. The van der Waals surface area contributed by atoms with Crippen LogP contribution < -0.4 is 10.6 Å². The van der Waals surface area contributed by atoms with E-state index in [-0.39, 0.29) is 24.5 Å². The summed E-state index contributed by atoms with van der Waals surface area (Å²) in [5.74, 6) is 0.00395. The number of hydrogen-bond donors (Lipinski definition) is 3. The zero-order chi connectivity index (χ0) is 14.7. The van der Waals surface area contributed by atoms with E-state index in [2.05, 4.69) is 5.10 Å². The maximum absolute atomic E-state index is 11.9. The Hall–Kier alpha value is -1.80. The van der Waals surface area contributed by atoms with Crippen molar-refractivity contribution < 1.29 is 19.7 Å². The molecule has 2 heterocycles. The maximum Gasteiger partial charge on any atom is 0.345 e. The molecule has 1 aromatic rings. The number of aliphatic hydroxyl groups excluding tert-OH is 2. The number of nitrogens with two attached hydrogens (primary N) is 1. The van der Waals surface area contributed by atoms with Crippen molar-refractivity contribution in [3.05, 3.63) is 5.56 Å². The second-order valence-electron chi connectivity index (χ2n) is 4.76. The summed E-state index contributed by atoms with van der Waals surface area (Å²) in [5, 5.41) is 23.0. The molecule has 0 aromatic carbocycles. The molecule has 1 aliphatic rings. The van der Waals surface area contributed by atoms with Gasteiger partial charge in [0.25, 0.3) is 0 Å². The normalized spacial score (nSPS) is 19.1. The summed E-state index contributed by atoms with van der Waals surface area (Å²) in [6.45, 7) is 1.16. The van der Waals surface area contributed by atoms with Gasteiger partial charge in [-0.3, -0.25) is 0 Å². The van der Waals surface area contributed by atoms with E-state index in [1.54, 1.807) is 0 Å². The summed E-state index contributed by atoms with van der Waals surface area (Å²) >= 11 is 0.